The number of esters is 1. The van der Waals surface area contributed by atoms with E-state index in [-0.39, 0.29) is 11.7 Å². The highest BCUT2D eigenvalue weighted by atomic mass is 32.1. The first kappa shape index (κ1) is 16.8. The molecule has 2 aromatic heterocycles. The van der Waals surface area contributed by atoms with Gasteiger partial charge >= 0.3 is 5.97 Å². The number of H-pyrrole nitrogens is 1. The van der Waals surface area contributed by atoms with Gasteiger partial charge in [0.05, 0.1) is 6.61 Å². The highest BCUT2D eigenvalue weighted by Gasteiger charge is 2.34. The van der Waals surface area contributed by atoms with Gasteiger partial charge in [-0.25, -0.2) is 4.79 Å². The van der Waals surface area contributed by atoms with Gasteiger partial charge in [0.1, 0.15) is 5.69 Å². The molecule has 0 amide bonds. The summed E-state index contributed by atoms with van der Waals surface area (Å²) in [5.41, 5.74) is 3.39. The molecule has 3 aromatic rings. The quantitative estimate of drug-likeness (QED) is 0.674. The van der Waals surface area contributed by atoms with E-state index >= 15 is 0 Å². The van der Waals surface area contributed by atoms with Crippen LogP contribution in [0.3, 0.4) is 0 Å². The van der Waals surface area contributed by atoms with Crippen LogP contribution in [0.25, 0.3) is 11.1 Å². The van der Waals surface area contributed by atoms with Crippen LogP contribution in [-0.2, 0) is 11.2 Å². The molecule has 0 spiro atoms. The van der Waals surface area contributed by atoms with Crippen molar-refractivity contribution in [1.29, 1.82) is 0 Å². The van der Waals surface area contributed by atoms with Gasteiger partial charge in [0.2, 0.25) is 0 Å². The SMILES string of the molecule is CCOC(=O)c1[nH]c2c(c1-c1ccccc1)C(=O)CC(c1cccs1)C2. The summed E-state index contributed by atoms with van der Waals surface area (Å²) in [6.07, 6.45) is 1.19. The van der Waals surface area contributed by atoms with Crippen LogP contribution >= 0.6 is 11.3 Å². The van der Waals surface area contributed by atoms with E-state index in [1.165, 1.54) is 4.88 Å². The van der Waals surface area contributed by atoms with Crippen molar-refractivity contribution in [3.8, 4) is 11.1 Å². The Balaban J connectivity index is 1.84. The molecule has 1 aromatic carbocycles. The maximum Gasteiger partial charge on any atom is 0.355 e. The lowest BCUT2D eigenvalue weighted by Crippen LogP contribution is -2.17. The van der Waals surface area contributed by atoms with Gasteiger partial charge in [0.15, 0.2) is 5.78 Å². The van der Waals surface area contributed by atoms with E-state index in [0.29, 0.717) is 29.8 Å². The Morgan fingerprint density at radius 2 is 1.96 bits per heavy atom. The van der Waals surface area contributed by atoms with Crippen LogP contribution in [0.5, 0.6) is 0 Å². The predicted octanol–water partition coefficient (Wildman–Crippen LogP) is 4.83. The van der Waals surface area contributed by atoms with Crippen LogP contribution in [0.15, 0.2) is 47.8 Å². The first-order valence-corrected chi connectivity index (χ1v) is 9.61. The third-order valence-corrected chi connectivity index (χ3v) is 5.76. The fraction of sp³-hybridized carbons (Fsp3) is 0.238. The molecule has 1 atom stereocenters. The molecule has 0 aliphatic heterocycles. The topological polar surface area (TPSA) is 59.2 Å². The van der Waals surface area contributed by atoms with E-state index in [2.05, 4.69) is 11.1 Å². The van der Waals surface area contributed by atoms with Gasteiger partial charge < -0.3 is 9.72 Å². The highest BCUT2D eigenvalue weighted by Crippen LogP contribution is 2.40. The van der Waals surface area contributed by atoms with E-state index in [4.69, 9.17) is 4.74 Å². The Morgan fingerprint density at radius 3 is 2.65 bits per heavy atom. The van der Waals surface area contributed by atoms with E-state index in [0.717, 1.165) is 17.7 Å². The van der Waals surface area contributed by atoms with Gasteiger partial charge in [-0.2, -0.15) is 0 Å². The van der Waals surface area contributed by atoms with Crippen molar-refractivity contribution in [2.24, 2.45) is 0 Å². The van der Waals surface area contributed by atoms with Gasteiger partial charge in [-0.15, -0.1) is 11.3 Å². The number of rotatable bonds is 4. The van der Waals surface area contributed by atoms with Crippen LogP contribution < -0.4 is 0 Å². The van der Waals surface area contributed by atoms with Crippen LogP contribution in [0, 0.1) is 0 Å². The van der Waals surface area contributed by atoms with E-state index < -0.39 is 5.97 Å². The lowest BCUT2D eigenvalue weighted by atomic mass is 9.83. The predicted molar refractivity (Wildman–Crippen MR) is 102 cm³/mol. The molecule has 4 nitrogen and oxygen atoms in total. The molecule has 1 unspecified atom stereocenters. The number of ether oxygens (including phenoxy) is 1. The minimum absolute atomic E-state index is 0.0790. The molecule has 0 saturated carbocycles. The molecule has 0 radical (unpaired) electrons. The van der Waals surface area contributed by atoms with Gasteiger partial charge in [-0.1, -0.05) is 36.4 Å². The molecule has 4 rings (SSSR count). The minimum Gasteiger partial charge on any atom is -0.461 e. The van der Waals surface area contributed by atoms with Crippen molar-refractivity contribution < 1.29 is 14.3 Å². The van der Waals surface area contributed by atoms with E-state index in [1.54, 1.807) is 18.3 Å². The van der Waals surface area contributed by atoms with Crippen LogP contribution in [-0.4, -0.2) is 23.3 Å². The molecule has 1 aliphatic carbocycles. The summed E-state index contributed by atoms with van der Waals surface area (Å²) >= 11 is 1.67. The molecule has 0 fully saturated rings. The van der Waals surface area contributed by atoms with Crippen LogP contribution in [0.4, 0.5) is 0 Å². The third-order valence-electron chi connectivity index (χ3n) is 4.73. The summed E-state index contributed by atoms with van der Waals surface area (Å²) in [5.74, 6) is -0.177. The zero-order chi connectivity index (χ0) is 18.1. The number of hydrogen-bond donors (Lipinski definition) is 1. The molecule has 5 heteroatoms. The fourth-order valence-corrected chi connectivity index (χ4v) is 4.46. The number of nitrogens with one attached hydrogen (secondary N) is 1. The molecule has 1 aliphatic rings. The van der Waals surface area contributed by atoms with Crippen LogP contribution in [0.2, 0.25) is 0 Å². The summed E-state index contributed by atoms with van der Waals surface area (Å²) < 4.78 is 5.22. The zero-order valence-electron chi connectivity index (χ0n) is 14.5. The second-order valence-corrected chi connectivity index (χ2v) is 7.34. The first-order chi connectivity index (χ1) is 12.7. The smallest absolute Gasteiger partial charge is 0.355 e. The summed E-state index contributed by atoms with van der Waals surface area (Å²) in [4.78, 5) is 29.9. The Hall–Kier alpha value is -2.66. The molecule has 0 saturated heterocycles. The fourth-order valence-electron chi connectivity index (χ4n) is 3.63. The second kappa shape index (κ2) is 6.92. The van der Waals surface area contributed by atoms with Gasteiger partial charge in [0.25, 0.3) is 0 Å². The lowest BCUT2D eigenvalue weighted by Gasteiger charge is -2.21. The van der Waals surface area contributed by atoms with Gasteiger partial charge in [-0.3, -0.25) is 4.79 Å². The summed E-state index contributed by atoms with van der Waals surface area (Å²) in [6, 6.07) is 13.7. The third kappa shape index (κ3) is 2.88. The minimum atomic E-state index is -0.416. The summed E-state index contributed by atoms with van der Waals surface area (Å²) in [5, 5.41) is 2.03. The normalized spacial score (nSPS) is 16.3. The first-order valence-electron chi connectivity index (χ1n) is 8.73. The molecule has 0 bridgehead atoms. The second-order valence-electron chi connectivity index (χ2n) is 6.36. The van der Waals surface area contributed by atoms with Crippen molar-refractivity contribution in [3.63, 3.8) is 0 Å². The average Bonchev–Trinajstić information content (AvgIpc) is 3.30. The van der Waals surface area contributed by atoms with Crippen molar-refractivity contribution in [3.05, 3.63) is 69.7 Å². The Kier molecular flexibility index (Phi) is 4.47. The summed E-state index contributed by atoms with van der Waals surface area (Å²) in [6.45, 7) is 2.07. The maximum atomic E-state index is 13.0. The zero-order valence-corrected chi connectivity index (χ0v) is 15.3. The standard InChI is InChI=1S/C21H19NO3S/c1-2-25-21(24)20-18(13-7-4-3-5-8-13)19-15(22-20)11-14(12-16(19)23)17-9-6-10-26-17/h3-10,14,22H,2,11-12H2,1H3. The number of benzene rings is 1. The lowest BCUT2D eigenvalue weighted by molar-refractivity contribution is 0.0521. The number of aromatic amines is 1. The number of Topliss-reactive ketones (excluding diaryl/α,β-unsaturated/α-hetero) is 1. The number of fused-ring (bicyclic) bond motifs is 1. The molecule has 26 heavy (non-hydrogen) atoms. The summed E-state index contributed by atoms with van der Waals surface area (Å²) in [7, 11) is 0. The Bertz CT molecular complexity index is 941. The number of carbonyl (C=O) groups excluding carboxylic acids is 2. The molecule has 1 N–H and O–H groups in total. The van der Waals surface area contributed by atoms with Gasteiger partial charge in [-0.05, 0) is 30.4 Å². The largest absolute Gasteiger partial charge is 0.461 e. The van der Waals surface area contributed by atoms with Crippen molar-refractivity contribution >= 4 is 23.1 Å². The van der Waals surface area contributed by atoms with Crippen molar-refractivity contribution in [1.82, 2.24) is 4.98 Å². The van der Waals surface area contributed by atoms with E-state index in [9.17, 15) is 9.59 Å². The van der Waals surface area contributed by atoms with Crippen molar-refractivity contribution in [2.45, 2.75) is 25.7 Å². The highest BCUT2D eigenvalue weighted by molar-refractivity contribution is 7.10. The Morgan fingerprint density at radius 1 is 1.15 bits per heavy atom. The maximum absolute atomic E-state index is 13.0. The monoisotopic (exact) mass is 365 g/mol. The average molecular weight is 365 g/mol. The number of ketones is 1. The van der Waals surface area contributed by atoms with Gasteiger partial charge in [0, 0.05) is 34.0 Å². The molecule has 2 heterocycles. The molecular formula is C21H19NO3S. The van der Waals surface area contributed by atoms with E-state index in [1.807, 2.05) is 41.8 Å². The van der Waals surface area contributed by atoms with Crippen molar-refractivity contribution in [2.75, 3.05) is 6.61 Å². The van der Waals surface area contributed by atoms with Crippen LogP contribution in [0.1, 0.15) is 50.7 Å². The molecule has 132 valence electrons. The number of carbonyl (C=O) groups is 2. The molecular weight excluding hydrogens is 346 g/mol. The Labute approximate surface area is 155 Å². The number of hydrogen-bond acceptors (Lipinski definition) is 4. The number of thiophene rings is 1. The number of aromatic nitrogens is 1.